The number of nitrogens with zero attached hydrogens (tertiary/aromatic N) is 2. The molecule has 132 valence electrons. The van der Waals surface area contributed by atoms with Gasteiger partial charge >= 0.3 is 0 Å². The van der Waals surface area contributed by atoms with Crippen molar-refractivity contribution in [3.63, 3.8) is 0 Å². The van der Waals surface area contributed by atoms with Crippen LogP contribution in [0.1, 0.15) is 21.5 Å². The van der Waals surface area contributed by atoms with Crippen LogP contribution in [-0.2, 0) is 6.54 Å². The topological polar surface area (TPSA) is 32.8 Å². The highest BCUT2D eigenvalue weighted by Crippen LogP contribution is 2.20. The Bertz CT molecular complexity index is 738. The van der Waals surface area contributed by atoms with E-state index in [0.717, 1.165) is 30.9 Å². The number of amides is 1. The number of methoxy groups -OCH3 is 1. The van der Waals surface area contributed by atoms with Crippen molar-refractivity contribution < 1.29 is 13.9 Å². The number of carbonyl (C=O) groups is 1. The summed E-state index contributed by atoms with van der Waals surface area (Å²) in [7, 11) is 1.68. The molecule has 0 radical (unpaired) electrons. The lowest BCUT2D eigenvalue weighted by molar-refractivity contribution is 0.0628. The Morgan fingerprint density at radius 2 is 1.76 bits per heavy atom. The third kappa shape index (κ3) is 4.17. The van der Waals surface area contributed by atoms with Gasteiger partial charge in [0.1, 0.15) is 11.6 Å². The van der Waals surface area contributed by atoms with Crippen molar-refractivity contribution in [1.29, 1.82) is 0 Å². The van der Waals surface area contributed by atoms with Crippen LogP contribution in [0.3, 0.4) is 0 Å². The maximum atomic E-state index is 13.0. The van der Waals surface area contributed by atoms with Gasteiger partial charge < -0.3 is 9.64 Å². The fourth-order valence-corrected chi connectivity index (χ4v) is 3.18. The second-order valence-corrected chi connectivity index (χ2v) is 6.38. The summed E-state index contributed by atoms with van der Waals surface area (Å²) in [6.07, 6.45) is 0. The monoisotopic (exact) mass is 342 g/mol. The SMILES string of the molecule is COc1ccc(CN2CCN(C(=O)c3ccc(F)cc3)CC2)cc1C. The molecule has 0 atom stereocenters. The van der Waals surface area contributed by atoms with Gasteiger partial charge in [-0.3, -0.25) is 9.69 Å². The zero-order chi connectivity index (χ0) is 17.8. The molecular formula is C20H23FN2O2. The van der Waals surface area contributed by atoms with Crippen LogP contribution in [0, 0.1) is 12.7 Å². The largest absolute Gasteiger partial charge is 0.496 e. The second kappa shape index (κ2) is 7.66. The molecule has 0 unspecified atom stereocenters. The van der Waals surface area contributed by atoms with Crippen LogP contribution in [0.5, 0.6) is 5.75 Å². The molecule has 3 rings (SSSR count). The number of piperazine rings is 1. The molecule has 1 amide bonds. The number of hydrogen-bond donors (Lipinski definition) is 0. The highest BCUT2D eigenvalue weighted by molar-refractivity contribution is 5.94. The molecule has 5 heteroatoms. The van der Waals surface area contributed by atoms with E-state index < -0.39 is 0 Å². The van der Waals surface area contributed by atoms with Gasteiger partial charge in [-0.1, -0.05) is 12.1 Å². The van der Waals surface area contributed by atoms with E-state index in [1.54, 1.807) is 19.2 Å². The Balaban J connectivity index is 1.55. The van der Waals surface area contributed by atoms with E-state index in [9.17, 15) is 9.18 Å². The van der Waals surface area contributed by atoms with Crippen LogP contribution in [-0.4, -0.2) is 49.0 Å². The van der Waals surface area contributed by atoms with Crippen molar-refractivity contribution in [2.24, 2.45) is 0 Å². The molecule has 4 nitrogen and oxygen atoms in total. The molecule has 0 saturated carbocycles. The van der Waals surface area contributed by atoms with E-state index in [-0.39, 0.29) is 11.7 Å². The zero-order valence-corrected chi connectivity index (χ0v) is 14.7. The van der Waals surface area contributed by atoms with E-state index in [1.165, 1.54) is 17.7 Å². The molecule has 1 saturated heterocycles. The molecule has 2 aromatic rings. The lowest BCUT2D eigenvalue weighted by atomic mass is 10.1. The number of ether oxygens (including phenoxy) is 1. The Hall–Kier alpha value is -2.40. The fourth-order valence-electron chi connectivity index (χ4n) is 3.18. The maximum absolute atomic E-state index is 13.0. The molecule has 0 aliphatic carbocycles. The van der Waals surface area contributed by atoms with Crippen molar-refractivity contribution in [2.75, 3.05) is 33.3 Å². The van der Waals surface area contributed by atoms with Crippen LogP contribution in [0.15, 0.2) is 42.5 Å². The first-order valence-electron chi connectivity index (χ1n) is 8.47. The minimum absolute atomic E-state index is 0.0278. The summed E-state index contributed by atoms with van der Waals surface area (Å²) >= 11 is 0. The molecule has 25 heavy (non-hydrogen) atoms. The van der Waals surface area contributed by atoms with Gasteiger partial charge in [0.25, 0.3) is 5.91 Å². The van der Waals surface area contributed by atoms with Gasteiger partial charge in [0, 0.05) is 38.3 Å². The maximum Gasteiger partial charge on any atom is 0.253 e. The first-order valence-corrected chi connectivity index (χ1v) is 8.47. The predicted octanol–water partition coefficient (Wildman–Crippen LogP) is 3.10. The van der Waals surface area contributed by atoms with Gasteiger partial charge in [-0.2, -0.15) is 0 Å². The number of aryl methyl sites for hydroxylation is 1. The lowest BCUT2D eigenvalue weighted by Gasteiger charge is -2.35. The van der Waals surface area contributed by atoms with E-state index in [1.807, 2.05) is 17.9 Å². The van der Waals surface area contributed by atoms with Crippen molar-refractivity contribution in [3.05, 3.63) is 65.0 Å². The number of hydrogen-bond acceptors (Lipinski definition) is 3. The summed E-state index contributed by atoms with van der Waals surface area (Å²) in [5, 5.41) is 0. The zero-order valence-electron chi connectivity index (χ0n) is 14.7. The van der Waals surface area contributed by atoms with Gasteiger partial charge in [0.05, 0.1) is 7.11 Å². The summed E-state index contributed by atoms with van der Waals surface area (Å²) in [6.45, 7) is 5.94. The average Bonchev–Trinajstić information content (AvgIpc) is 2.63. The normalized spacial score (nSPS) is 15.2. The van der Waals surface area contributed by atoms with Crippen LogP contribution < -0.4 is 4.74 Å². The number of benzene rings is 2. The molecule has 0 N–H and O–H groups in total. The third-order valence-electron chi connectivity index (χ3n) is 4.62. The van der Waals surface area contributed by atoms with E-state index in [2.05, 4.69) is 17.0 Å². The molecule has 1 fully saturated rings. The quantitative estimate of drug-likeness (QED) is 0.856. The molecule has 2 aromatic carbocycles. The van der Waals surface area contributed by atoms with Gasteiger partial charge in [-0.25, -0.2) is 4.39 Å². The number of rotatable bonds is 4. The van der Waals surface area contributed by atoms with E-state index in [4.69, 9.17) is 4.74 Å². The first kappa shape index (κ1) is 17.4. The van der Waals surface area contributed by atoms with Crippen LogP contribution >= 0.6 is 0 Å². The molecule has 0 spiro atoms. The summed E-state index contributed by atoms with van der Waals surface area (Å²) in [4.78, 5) is 16.6. The van der Waals surface area contributed by atoms with Crippen LogP contribution in [0.4, 0.5) is 4.39 Å². The summed E-state index contributed by atoms with van der Waals surface area (Å²) in [5.41, 5.74) is 2.92. The van der Waals surface area contributed by atoms with Crippen molar-refractivity contribution in [3.8, 4) is 5.75 Å². The van der Waals surface area contributed by atoms with Gasteiger partial charge in [0.2, 0.25) is 0 Å². The van der Waals surface area contributed by atoms with Gasteiger partial charge in [-0.15, -0.1) is 0 Å². The molecule has 1 heterocycles. The molecule has 1 aliphatic heterocycles. The van der Waals surface area contributed by atoms with Crippen LogP contribution in [0.2, 0.25) is 0 Å². The standard InChI is InChI=1S/C20H23FN2O2/c1-15-13-16(3-8-19(15)25-2)14-22-9-11-23(12-10-22)20(24)17-4-6-18(21)7-5-17/h3-8,13H,9-12,14H2,1-2H3. The van der Waals surface area contributed by atoms with Gasteiger partial charge in [0.15, 0.2) is 0 Å². The van der Waals surface area contributed by atoms with Gasteiger partial charge in [-0.05, 0) is 48.4 Å². The minimum Gasteiger partial charge on any atom is -0.496 e. The molecule has 0 aromatic heterocycles. The number of carbonyl (C=O) groups excluding carboxylic acids is 1. The second-order valence-electron chi connectivity index (χ2n) is 6.38. The first-order chi connectivity index (χ1) is 12.1. The van der Waals surface area contributed by atoms with Crippen molar-refractivity contribution in [1.82, 2.24) is 9.80 Å². The molecule has 1 aliphatic rings. The van der Waals surface area contributed by atoms with Crippen molar-refractivity contribution in [2.45, 2.75) is 13.5 Å². The number of halogens is 1. The van der Waals surface area contributed by atoms with Crippen molar-refractivity contribution >= 4 is 5.91 Å². The smallest absolute Gasteiger partial charge is 0.253 e. The average molecular weight is 342 g/mol. The highest BCUT2D eigenvalue weighted by Gasteiger charge is 2.22. The summed E-state index contributed by atoms with van der Waals surface area (Å²) in [5.74, 6) is 0.551. The Morgan fingerprint density at radius 1 is 1.08 bits per heavy atom. The highest BCUT2D eigenvalue weighted by atomic mass is 19.1. The Kier molecular flexibility index (Phi) is 5.34. The fraction of sp³-hybridized carbons (Fsp3) is 0.350. The lowest BCUT2D eigenvalue weighted by Crippen LogP contribution is -2.48. The summed E-state index contributed by atoms with van der Waals surface area (Å²) in [6, 6.07) is 12.0. The van der Waals surface area contributed by atoms with E-state index >= 15 is 0 Å². The predicted molar refractivity (Wildman–Crippen MR) is 95.3 cm³/mol. The molecule has 0 bridgehead atoms. The Morgan fingerprint density at radius 3 is 2.36 bits per heavy atom. The molecular weight excluding hydrogens is 319 g/mol. The van der Waals surface area contributed by atoms with Crippen LogP contribution in [0.25, 0.3) is 0 Å². The Labute approximate surface area is 147 Å². The third-order valence-corrected chi connectivity index (χ3v) is 4.62. The summed E-state index contributed by atoms with van der Waals surface area (Å²) < 4.78 is 18.3. The van der Waals surface area contributed by atoms with E-state index in [0.29, 0.717) is 18.7 Å². The minimum atomic E-state index is -0.323.